The lowest BCUT2D eigenvalue weighted by Gasteiger charge is -2.37. The van der Waals surface area contributed by atoms with Crippen molar-refractivity contribution in [2.45, 2.75) is 12.5 Å². The van der Waals surface area contributed by atoms with Crippen LogP contribution in [0.5, 0.6) is 0 Å². The zero-order chi connectivity index (χ0) is 22.1. The molecule has 1 unspecified atom stereocenters. The molecule has 2 aliphatic heterocycles. The van der Waals surface area contributed by atoms with Gasteiger partial charge in [-0.15, -0.1) is 11.3 Å². The van der Waals surface area contributed by atoms with Gasteiger partial charge in [0.1, 0.15) is 0 Å². The predicted octanol–water partition coefficient (Wildman–Crippen LogP) is 3.51. The number of anilines is 1. The second-order valence-electron chi connectivity index (χ2n) is 8.03. The molecule has 0 bridgehead atoms. The van der Waals surface area contributed by atoms with E-state index in [1.54, 1.807) is 34.7 Å². The van der Waals surface area contributed by atoms with Crippen LogP contribution in [0.25, 0.3) is 11.1 Å². The van der Waals surface area contributed by atoms with Gasteiger partial charge in [-0.1, -0.05) is 42.5 Å². The van der Waals surface area contributed by atoms with Gasteiger partial charge in [-0.05, 0) is 11.6 Å². The van der Waals surface area contributed by atoms with Crippen molar-refractivity contribution in [2.24, 2.45) is 0 Å². The zero-order valence-electron chi connectivity index (χ0n) is 17.5. The third-order valence-corrected chi connectivity index (χ3v) is 6.95. The molecule has 6 nitrogen and oxygen atoms in total. The molecule has 1 aromatic heterocycles. The van der Waals surface area contributed by atoms with Crippen LogP contribution in [0.1, 0.15) is 16.2 Å². The molecule has 2 amide bonds. The largest absolute Gasteiger partial charge is 0.334 e. The van der Waals surface area contributed by atoms with Crippen molar-refractivity contribution in [2.75, 3.05) is 37.6 Å². The summed E-state index contributed by atoms with van der Waals surface area (Å²) < 4.78 is 15.4. The van der Waals surface area contributed by atoms with Crippen molar-refractivity contribution in [3.05, 3.63) is 70.9 Å². The quantitative estimate of drug-likeness (QED) is 0.611. The maximum absolute atomic E-state index is 15.4. The first-order chi connectivity index (χ1) is 15.6. The van der Waals surface area contributed by atoms with Gasteiger partial charge < -0.3 is 9.80 Å². The van der Waals surface area contributed by atoms with Gasteiger partial charge in [0.2, 0.25) is 5.91 Å². The van der Waals surface area contributed by atoms with E-state index in [9.17, 15) is 9.59 Å². The van der Waals surface area contributed by atoms with E-state index in [2.05, 4.69) is 9.88 Å². The highest BCUT2D eigenvalue weighted by Crippen LogP contribution is 2.33. The summed E-state index contributed by atoms with van der Waals surface area (Å²) in [7, 11) is 0. The minimum atomic E-state index is -0.369. The summed E-state index contributed by atoms with van der Waals surface area (Å²) in [6.45, 7) is 3.03. The van der Waals surface area contributed by atoms with Crippen molar-refractivity contribution in [1.29, 1.82) is 0 Å². The second-order valence-corrected chi connectivity index (χ2v) is 8.93. The van der Waals surface area contributed by atoms with Gasteiger partial charge in [0.15, 0.2) is 10.8 Å². The molecule has 3 heterocycles. The van der Waals surface area contributed by atoms with Crippen LogP contribution in [-0.4, -0.2) is 65.4 Å². The topological polar surface area (TPSA) is 56.8 Å². The molecule has 2 saturated heterocycles. The molecule has 2 aliphatic rings. The molecule has 2 aromatic carbocycles. The number of hydrogen-bond acceptors (Lipinski definition) is 5. The summed E-state index contributed by atoms with van der Waals surface area (Å²) >= 11 is 1.35. The minimum absolute atomic E-state index is 0.0133. The lowest BCUT2D eigenvalue weighted by molar-refractivity contribution is -0.117. The zero-order valence-corrected chi connectivity index (χ0v) is 18.3. The standard InChI is InChI=1S/C24H23FN4O2S/c25-22-19(17-5-2-1-3-6-17)7-4-8-20(22)29-16-18(15-21(29)30)27-10-12-28(13-11-27)24(31)23-26-9-14-32-23/h1-9,14,18H,10-13,15-16H2. The monoisotopic (exact) mass is 450 g/mol. The van der Waals surface area contributed by atoms with E-state index < -0.39 is 0 Å². The third-order valence-electron chi connectivity index (χ3n) is 6.19. The Morgan fingerprint density at radius 3 is 2.53 bits per heavy atom. The second kappa shape index (κ2) is 8.80. The van der Waals surface area contributed by atoms with Crippen LogP contribution in [0.4, 0.5) is 10.1 Å². The van der Waals surface area contributed by atoms with Gasteiger partial charge in [0.25, 0.3) is 5.91 Å². The summed E-state index contributed by atoms with van der Waals surface area (Å²) in [5.41, 5.74) is 1.61. The average molecular weight is 451 g/mol. The SMILES string of the molecule is O=C(c1nccs1)N1CCN(C2CC(=O)N(c3cccc(-c4ccccc4)c3F)C2)CC1. The smallest absolute Gasteiger partial charge is 0.282 e. The Balaban J connectivity index is 1.27. The van der Waals surface area contributed by atoms with Crippen molar-refractivity contribution in [3.63, 3.8) is 0 Å². The molecule has 32 heavy (non-hydrogen) atoms. The van der Waals surface area contributed by atoms with Crippen LogP contribution >= 0.6 is 11.3 Å². The first-order valence-electron chi connectivity index (χ1n) is 10.7. The predicted molar refractivity (Wildman–Crippen MR) is 122 cm³/mol. The molecular weight excluding hydrogens is 427 g/mol. The van der Waals surface area contributed by atoms with Crippen LogP contribution in [0, 0.1) is 5.82 Å². The Labute approximate surface area is 189 Å². The number of halogens is 1. The molecule has 0 radical (unpaired) electrons. The van der Waals surface area contributed by atoms with E-state index in [-0.39, 0.29) is 23.7 Å². The molecule has 3 aromatic rings. The number of benzene rings is 2. The normalized spacial score (nSPS) is 19.5. The van der Waals surface area contributed by atoms with E-state index in [1.807, 2.05) is 35.2 Å². The maximum Gasteiger partial charge on any atom is 0.282 e. The number of piperazine rings is 1. The number of nitrogens with zero attached hydrogens (tertiary/aromatic N) is 4. The number of hydrogen-bond donors (Lipinski definition) is 0. The number of carbonyl (C=O) groups excluding carboxylic acids is 2. The van der Waals surface area contributed by atoms with Crippen molar-refractivity contribution >= 4 is 28.8 Å². The molecule has 5 rings (SSSR count). The highest BCUT2D eigenvalue weighted by Gasteiger charge is 2.37. The minimum Gasteiger partial charge on any atom is -0.334 e. The molecular formula is C24H23FN4O2S. The van der Waals surface area contributed by atoms with Crippen molar-refractivity contribution in [3.8, 4) is 11.1 Å². The van der Waals surface area contributed by atoms with Gasteiger partial charge in [-0.25, -0.2) is 9.37 Å². The molecule has 0 saturated carbocycles. The highest BCUT2D eigenvalue weighted by atomic mass is 32.1. The number of thiazole rings is 1. The number of carbonyl (C=O) groups is 2. The lowest BCUT2D eigenvalue weighted by atomic mass is 10.0. The first-order valence-corrected chi connectivity index (χ1v) is 11.6. The Kier molecular flexibility index (Phi) is 5.71. The highest BCUT2D eigenvalue weighted by molar-refractivity contribution is 7.11. The van der Waals surface area contributed by atoms with Crippen LogP contribution in [0.15, 0.2) is 60.1 Å². The molecule has 0 N–H and O–H groups in total. The van der Waals surface area contributed by atoms with Crippen molar-refractivity contribution < 1.29 is 14.0 Å². The lowest BCUT2D eigenvalue weighted by Crippen LogP contribution is -2.52. The van der Waals surface area contributed by atoms with E-state index in [1.165, 1.54) is 11.3 Å². The van der Waals surface area contributed by atoms with Gasteiger partial charge in [-0.3, -0.25) is 14.5 Å². The molecule has 1 atom stereocenters. The summed E-state index contributed by atoms with van der Waals surface area (Å²) in [6.07, 6.45) is 1.99. The summed E-state index contributed by atoms with van der Waals surface area (Å²) in [4.78, 5) is 35.1. The Bertz CT molecular complexity index is 1110. The Hall–Kier alpha value is -3.10. The molecule has 0 spiro atoms. The fourth-order valence-electron chi connectivity index (χ4n) is 4.49. The average Bonchev–Trinajstić information content (AvgIpc) is 3.50. The Morgan fingerprint density at radius 1 is 1.03 bits per heavy atom. The first kappa shape index (κ1) is 20.8. The summed E-state index contributed by atoms with van der Waals surface area (Å²) in [6, 6.07) is 14.6. The van der Waals surface area contributed by atoms with Crippen LogP contribution in [0.3, 0.4) is 0 Å². The van der Waals surface area contributed by atoms with E-state index >= 15 is 4.39 Å². The molecule has 8 heteroatoms. The fourth-order valence-corrected chi connectivity index (χ4v) is 5.09. The van der Waals surface area contributed by atoms with Gasteiger partial charge in [0.05, 0.1) is 5.69 Å². The Morgan fingerprint density at radius 2 is 1.81 bits per heavy atom. The van der Waals surface area contributed by atoms with E-state index in [4.69, 9.17) is 0 Å². The third kappa shape index (κ3) is 3.91. The number of rotatable bonds is 4. The summed E-state index contributed by atoms with van der Waals surface area (Å²) in [5.74, 6) is -0.476. The molecule has 164 valence electrons. The van der Waals surface area contributed by atoms with Crippen molar-refractivity contribution in [1.82, 2.24) is 14.8 Å². The fraction of sp³-hybridized carbons (Fsp3) is 0.292. The van der Waals surface area contributed by atoms with Crippen LogP contribution in [0.2, 0.25) is 0 Å². The van der Waals surface area contributed by atoms with E-state index in [0.717, 1.165) is 5.56 Å². The van der Waals surface area contributed by atoms with Gasteiger partial charge >= 0.3 is 0 Å². The molecule has 0 aliphatic carbocycles. The maximum atomic E-state index is 15.4. The number of aromatic nitrogens is 1. The van der Waals surface area contributed by atoms with Crippen LogP contribution in [-0.2, 0) is 4.79 Å². The van der Waals surface area contributed by atoms with Crippen LogP contribution < -0.4 is 4.90 Å². The van der Waals surface area contributed by atoms with Gasteiger partial charge in [0, 0.05) is 62.3 Å². The number of amides is 2. The summed E-state index contributed by atoms with van der Waals surface area (Å²) in [5, 5.41) is 2.31. The van der Waals surface area contributed by atoms with E-state index in [0.29, 0.717) is 55.4 Å². The molecule has 2 fully saturated rings. The van der Waals surface area contributed by atoms with Gasteiger partial charge in [-0.2, -0.15) is 0 Å².